The summed E-state index contributed by atoms with van der Waals surface area (Å²) in [7, 11) is 3.18. The first-order chi connectivity index (χ1) is 23.3. The predicted molar refractivity (Wildman–Crippen MR) is 186 cm³/mol. The van der Waals surface area contributed by atoms with E-state index in [1.165, 1.54) is 24.6 Å². The molecule has 1 saturated heterocycles. The van der Waals surface area contributed by atoms with Gasteiger partial charge in [-0.3, -0.25) is 19.3 Å². The van der Waals surface area contributed by atoms with Crippen LogP contribution in [0.5, 0.6) is 11.5 Å². The van der Waals surface area contributed by atoms with Gasteiger partial charge in [0.25, 0.3) is 5.91 Å². The van der Waals surface area contributed by atoms with Crippen molar-refractivity contribution in [2.75, 3.05) is 20.8 Å². The fourth-order valence-corrected chi connectivity index (χ4v) is 8.14. The van der Waals surface area contributed by atoms with Gasteiger partial charge in [-0.2, -0.15) is 0 Å². The van der Waals surface area contributed by atoms with E-state index in [4.69, 9.17) is 35.6 Å². The van der Waals surface area contributed by atoms with Gasteiger partial charge in [-0.15, -0.1) is 0 Å². The van der Waals surface area contributed by atoms with Gasteiger partial charge in [0, 0.05) is 23.7 Å². The molecular formula is C37H39NO8S2. The summed E-state index contributed by atoms with van der Waals surface area (Å²) in [5.41, 5.74) is 2.50. The molecule has 9 nitrogen and oxygen atoms in total. The van der Waals surface area contributed by atoms with Gasteiger partial charge in [-0.1, -0.05) is 60.7 Å². The summed E-state index contributed by atoms with van der Waals surface area (Å²) in [5, 5.41) is 0. The molecule has 3 aromatic rings. The molecule has 3 fully saturated rings. The molecule has 2 saturated carbocycles. The number of nitrogens with zero attached hydrogens (tertiary/aromatic N) is 1. The summed E-state index contributed by atoms with van der Waals surface area (Å²) < 4.78 is 28.6. The number of amides is 1. The molecule has 3 aliphatic rings. The Morgan fingerprint density at radius 2 is 1.71 bits per heavy atom. The molecule has 1 aromatic heterocycles. The smallest absolute Gasteiger partial charge is 0.306 e. The highest BCUT2D eigenvalue weighted by molar-refractivity contribution is 8.26. The van der Waals surface area contributed by atoms with Crippen molar-refractivity contribution in [1.82, 2.24) is 4.90 Å². The van der Waals surface area contributed by atoms with E-state index >= 15 is 0 Å². The minimum absolute atomic E-state index is 0.0503. The molecule has 2 heterocycles. The van der Waals surface area contributed by atoms with Gasteiger partial charge in [0.05, 0.1) is 38.6 Å². The molecule has 0 spiro atoms. The number of thiocarbonyl (C=S) groups is 1. The van der Waals surface area contributed by atoms with Gasteiger partial charge in [0.15, 0.2) is 0 Å². The summed E-state index contributed by atoms with van der Waals surface area (Å²) in [5.74, 6) is 2.60. The zero-order valence-electron chi connectivity index (χ0n) is 27.1. The lowest BCUT2D eigenvalue weighted by molar-refractivity contribution is -0.151. The highest BCUT2D eigenvalue weighted by Crippen LogP contribution is 2.49. The van der Waals surface area contributed by atoms with Gasteiger partial charge < -0.3 is 23.4 Å². The van der Waals surface area contributed by atoms with Crippen molar-refractivity contribution in [2.24, 2.45) is 11.8 Å². The van der Waals surface area contributed by atoms with Crippen LogP contribution in [-0.2, 0) is 36.9 Å². The van der Waals surface area contributed by atoms with Crippen LogP contribution in [0.1, 0.15) is 61.8 Å². The molecule has 0 radical (unpaired) electrons. The summed E-state index contributed by atoms with van der Waals surface area (Å²) >= 11 is 7.03. The van der Waals surface area contributed by atoms with Crippen LogP contribution in [0, 0.1) is 11.8 Å². The van der Waals surface area contributed by atoms with E-state index in [2.05, 4.69) is 0 Å². The highest BCUT2D eigenvalue weighted by Gasteiger charge is 2.48. The largest absolute Gasteiger partial charge is 0.497 e. The average molecular weight is 690 g/mol. The Morgan fingerprint density at radius 1 is 0.979 bits per heavy atom. The number of fused-ring (bicyclic) bond motifs is 2. The SMILES string of the molecule is COc1cc(OC)cc(-c2cc(CCCOC(=O)CCC(=O)OCc3ccccc3)c(/C=C3\SC(=S)N(C4CC5CCC4C5)C3=O)o2)c1. The first kappa shape index (κ1) is 33.8. The quantitative estimate of drug-likeness (QED) is 0.0739. The number of thioether (sulfide) groups is 1. The number of hydrogen-bond acceptors (Lipinski definition) is 10. The van der Waals surface area contributed by atoms with Crippen LogP contribution in [0.3, 0.4) is 0 Å². The molecule has 0 N–H and O–H groups in total. The molecular weight excluding hydrogens is 651 g/mol. The van der Waals surface area contributed by atoms with E-state index in [1.807, 2.05) is 53.4 Å². The van der Waals surface area contributed by atoms with Crippen molar-refractivity contribution in [3.05, 3.63) is 76.4 Å². The van der Waals surface area contributed by atoms with Crippen LogP contribution in [-0.4, -0.2) is 53.9 Å². The molecule has 3 unspecified atom stereocenters. The third-order valence-corrected chi connectivity index (χ3v) is 10.6. The summed E-state index contributed by atoms with van der Waals surface area (Å²) in [6.45, 7) is 0.328. The number of methoxy groups -OCH3 is 2. The Labute approximate surface area is 289 Å². The van der Waals surface area contributed by atoms with Gasteiger partial charge >= 0.3 is 11.9 Å². The minimum atomic E-state index is -0.465. The Bertz CT molecular complexity index is 1680. The number of furan rings is 1. The first-order valence-corrected chi connectivity index (χ1v) is 17.5. The fourth-order valence-electron chi connectivity index (χ4n) is 6.80. The molecule has 1 aliphatic heterocycles. The van der Waals surface area contributed by atoms with Crippen molar-refractivity contribution >= 4 is 52.2 Å². The second-order valence-electron chi connectivity index (χ2n) is 12.4. The minimum Gasteiger partial charge on any atom is -0.497 e. The molecule has 252 valence electrons. The Hall–Kier alpha value is -4.09. The van der Waals surface area contributed by atoms with Crippen LogP contribution in [0.15, 0.2) is 63.9 Å². The van der Waals surface area contributed by atoms with Gasteiger partial charge in [0.1, 0.15) is 33.9 Å². The summed E-state index contributed by atoms with van der Waals surface area (Å²) in [4.78, 5) is 40.5. The zero-order chi connectivity index (χ0) is 33.6. The van der Waals surface area contributed by atoms with Crippen LogP contribution >= 0.6 is 24.0 Å². The maximum absolute atomic E-state index is 13.7. The number of hydrogen-bond donors (Lipinski definition) is 0. The molecule has 48 heavy (non-hydrogen) atoms. The number of carbonyl (C=O) groups is 3. The lowest BCUT2D eigenvalue weighted by Crippen LogP contribution is -2.41. The second kappa shape index (κ2) is 15.4. The van der Waals surface area contributed by atoms with Crippen molar-refractivity contribution < 1.29 is 37.7 Å². The van der Waals surface area contributed by atoms with Gasteiger partial charge in [0.2, 0.25) is 0 Å². The third kappa shape index (κ3) is 7.95. The average Bonchev–Trinajstić information content (AvgIpc) is 3.89. The highest BCUT2D eigenvalue weighted by atomic mass is 32.2. The van der Waals surface area contributed by atoms with E-state index in [-0.39, 0.29) is 38.0 Å². The number of aryl methyl sites for hydroxylation is 1. The Morgan fingerprint density at radius 3 is 2.38 bits per heavy atom. The Balaban J connectivity index is 1.11. The van der Waals surface area contributed by atoms with Crippen molar-refractivity contribution in [2.45, 2.75) is 64.0 Å². The number of carbonyl (C=O) groups excluding carboxylic acids is 3. The first-order valence-electron chi connectivity index (χ1n) is 16.3. The lowest BCUT2D eigenvalue weighted by atomic mass is 9.94. The standard InChI is InChI=1S/C37H39NO8S2/c1-42-28-17-27(18-29(20-28)43-2)31-19-26(9-6-14-44-34(39)12-13-35(40)45-22-23-7-4-3-5-8-23)32(46-31)21-33-36(41)38(37(47)48-33)30-16-24-10-11-25(30)15-24/h3-5,7-8,17-21,24-25,30H,6,9-16,22H2,1-2H3/b33-21-. The topological polar surface area (TPSA) is 105 Å². The van der Waals surface area contributed by atoms with Crippen molar-refractivity contribution in [1.29, 1.82) is 0 Å². The molecule has 3 atom stereocenters. The summed E-state index contributed by atoms with van der Waals surface area (Å²) in [6.07, 6.45) is 7.32. The van der Waals surface area contributed by atoms with Gasteiger partial charge in [-0.05, 0) is 73.3 Å². The molecule has 1 amide bonds. The van der Waals surface area contributed by atoms with Crippen LogP contribution in [0.4, 0.5) is 0 Å². The van der Waals surface area contributed by atoms with Crippen LogP contribution in [0.25, 0.3) is 17.4 Å². The lowest BCUT2D eigenvalue weighted by Gasteiger charge is -2.30. The molecule has 11 heteroatoms. The number of ether oxygens (including phenoxy) is 4. The van der Waals surface area contributed by atoms with E-state index in [0.29, 0.717) is 56.9 Å². The summed E-state index contributed by atoms with van der Waals surface area (Å²) in [6, 6.07) is 17.0. The molecule has 2 bridgehead atoms. The van der Waals surface area contributed by atoms with Crippen molar-refractivity contribution in [3.8, 4) is 22.8 Å². The molecule has 6 rings (SSSR count). The van der Waals surface area contributed by atoms with Crippen molar-refractivity contribution in [3.63, 3.8) is 0 Å². The fraction of sp³-hybridized carbons (Fsp3) is 0.405. The molecule has 2 aromatic carbocycles. The number of benzene rings is 2. The third-order valence-electron chi connectivity index (χ3n) is 9.23. The predicted octanol–water partition coefficient (Wildman–Crippen LogP) is 7.35. The monoisotopic (exact) mass is 689 g/mol. The van der Waals surface area contributed by atoms with E-state index in [9.17, 15) is 14.4 Å². The number of rotatable bonds is 14. The van der Waals surface area contributed by atoms with E-state index < -0.39 is 11.9 Å². The maximum Gasteiger partial charge on any atom is 0.306 e. The normalized spacial score (nSPS) is 20.8. The van der Waals surface area contributed by atoms with Crippen LogP contribution in [0.2, 0.25) is 0 Å². The Kier molecular flexibility index (Phi) is 10.9. The maximum atomic E-state index is 13.7. The van der Waals surface area contributed by atoms with E-state index in [1.54, 1.807) is 26.4 Å². The number of esters is 2. The zero-order valence-corrected chi connectivity index (χ0v) is 28.7. The molecule has 2 aliphatic carbocycles. The van der Waals surface area contributed by atoms with Gasteiger partial charge in [-0.25, -0.2) is 0 Å². The second-order valence-corrected chi connectivity index (χ2v) is 14.0. The van der Waals surface area contributed by atoms with E-state index in [0.717, 1.165) is 29.5 Å². The van der Waals surface area contributed by atoms with Crippen LogP contribution < -0.4 is 9.47 Å².